The molecule has 0 aliphatic carbocycles. The van der Waals surface area contributed by atoms with Gasteiger partial charge in [0.05, 0.1) is 0 Å². The Kier molecular flexibility index (Phi) is 6.04. The van der Waals surface area contributed by atoms with Crippen LogP contribution in [0.4, 0.5) is 0 Å². The molecule has 1 atom stereocenters. The molecule has 0 radical (unpaired) electrons. The minimum absolute atomic E-state index is 0. The van der Waals surface area contributed by atoms with E-state index in [9.17, 15) is 9.59 Å². The van der Waals surface area contributed by atoms with Crippen LogP contribution in [-0.2, 0) is 9.59 Å². The Balaban J connectivity index is 0. The lowest BCUT2D eigenvalue weighted by Gasteiger charge is -2.00. The fourth-order valence-corrected chi connectivity index (χ4v) is 0.402. The van der Waals surface area contributed by atoms with Gasteiger partial charge in [0.1, 0.15) is 0 Å². The van der Waals surface area contributed by atoms with Crippen molar-refractivity contribution in [3.63, 3.8) is 0 Å². The lowest BCUT2D eigenvalue weighted by molar-refractivity contribution is -0.126. The Labute approximate surface area is 65.4 Å². The fraction of sp³-hybridized carbons (Fsp3) is 0.600. The standard InChI is InChI=1S/C5H10N2O2.ClH/c1-3(5(7)9)2-4(6)8;/h3H,2H2,1H3,(H2,6,8)(H2,7,9);1H. The number of rotatable bonds is 3. The van der Waals surface area contributed by atoms with Crippen LogP contribution in [0.15, 0.2) is 0 Å². The second-order valence-corrected chi connectivity index (χ2v) is 1.97. The third-order valence-electron chi connectivity index (χ3n) is 0.993. The number of carbonyl (C=O) groups is 2. The molecule has 0 bridgehead atoms. The number of hydrogen-bond acceptors (Lipinski definition) is 2. The highest BCUT2D eigenvalue weighted by molar-refractivity contribution is 5.85. The van der Waals surface area contributed by atoms with Crippen LogP contribution in [0.3, 0.4) is 0 Å². The van der Waals surface area contributed by atoms with Crippen molar-refractivity contribution in [1.29, 1.82) is 0 Å². The van der Waals surface area contributed by atoms with Gasteiger partial charge in [-0.1, -0.05) is 6.92 Å². The monoisotopic (exact) mass is 166 g/mol. The van der Waals surface area contributed by atoms with E-state index in [4.69, 9.17) is 11.5 Å². The molecule has 0 aromatic heterocycles. The zero-order chi connectivity index (χ0) is 7.44. The summed E-state index contributed by atoms with van der Waals surface area (Å²) in [5.74, 6) is -1.43. The number of nitrogens with two attached hydrogens (primary N) is 2. The van der Waals surface area contributed by atoms with Gasteiger partial charge in [0.15, 0.2) is 0 Å². The van der Waals surface area contributed by atoms with Gasteiger partial charge in [0.25, 0.3) is 0 Å². The Hall–Kier alpha value is -0.770. The summed E-state index contributed by atoms with van der Waals surface area (Å²) in [6.07, 6.45) is 0.0370. The first kappa shape index (κ1) is 12.0. The van der Waals surface area contributed by atoms with Crippen molar-refractivity contribution in [1.82, 2.24) is 0 Å². The van der Waals surface area contributed by atoms with E-state index in [1.54, 1.807) is 6.92 Å². The molecule has 2 amide bonds. The maximum Gasteiger partial charge on any atom is 0.220 e. The summed E-state index contributed by atoms with van der Waals surface area (Å²) in [5, 5.41) is 0. The Morgan fingerprint density at radius 3 is 1.90 bits per heavy atom. The number of amides is 2. The molecule has 0 aromatic rings. The number of halogens is 1. The highest BCUT2D eigenvalue weighted by atomic mass is 35.5. The molecule has 0 saturated carbocycles. The Morgan fingerprint density at radius 1 is 1.40 bits per heavy atom. The lowest BCUT2D eigenvalue weighted by Crippen LogP contribution is -2.25. The van der Waals surface area contributed by atoms with E-state index in [0.29, 0.717) is 0 Å². The van der Waals surface area contributed by atoms with Gasteiger partial charge >= 0.3 is 0 Å². The fourth-order valence-electron chi connectivity index (χ4n) is 0.402. The highest BCUT2D eigenvalue weighted by Gasteiger charge is 2.10. The Morgan fingerprint density at radius 2 is 1.80 bits per heavy atom. The van der Waals surface area contributed by atoms with E-state index in [0.717, 1.165) is 0 Å². The van der Waals surface area contributed by atoms with E-state index in [1.165, 1.54) is 0 Å². The zero-order valence-electron chi connectivity index (χ0n) is 5.66. The molecular weight excluding hydrogens is 156 g/mol. The van der Waals surface area contributed by atoms with Crippen LogP contribution in [0, 0.1) is 5.92 Å². The largest absolute Gasteiger partial charge is 0.370 e. The van der Waals surface area contributed by atoms with Crippen LogP contribution >= 0.6 is 12.4 Å². The van der Waals surface area contributed by atoms with Crippen LogP contribution in [0.1, 0.15) is 13.3 Å². The summed E-state index contributed by atoms with van der Waals surface area (Å²) in [4.78, 5) is 20.4. The first-order valence-corrected chi connectivity index (χ1v) is 2.61. The van der Waals surface area contributed by atoms with Crippen LogP contribution in [0.25, 0.3) is 0 Å². The second-order valence-electron chi connectivity index (χ2n) is 1.97. The third kappa shape index (κ3) is 5.37. The Bertz CT molecular complexity index is 138. The van der Waals surface area contributed by atoms with Crippen LogP contribution in [-0.4, -0.2) is 11.8 Å². The van der Waals surface area contributed by atoms with E-state index < -0.39 is 17.7 Å². The first-order chi connectivity index (χ1) is 4.04. The van der Waals surface area contributed by atoms with Gasteiger partial charge in [-0.25, -0.2) is 0 Å². The van der Waals surface area contributed by atoms with Gasteiger partial charge in [-0.3, -0.25) is 9.59 Å². The molecule has 10 heavy (non-hydrogen) atoms. The maximum atomic E-state index is 10.2. The predicted octanol–water partition coefficient (Wildman–Crippen LogP) is -0.595. The van der Waals surface area contributed by atoms with Gasteiger partial charge in [0.2, 0.25) is 11.8 Å². The smallest absolute Gasteiger partial charge is 0.220 e. The van der Waals surface area contributed by atoms with Crippen molar-refractivity contribution < 1.29 is 9.59 Å². The van der Waals surface area contributed by atoms with Crippen molar-refractivity contribution in [2.75, 3.05) is 0 Å². The van der Waals surface area contributed by atoms with Crippen molar-refractivity contribution in [3.8, 4) is 0 Å². The SMILES string of the molecule is CC(CC(N)=O)C(N)=O.Cl. The summed E-state index contributed by atoms with van der Waals surface area (Å²) in [6.45, 7) is 1.56. The predicted molar refractivity (Wildman–Crippen MR) is 39.4 cm³/mol. The molecule has 0 heterocycles. The van der Waals surface area contributed by atoms with Crippen LogP contribution in [0.2, 0.25) is 0 Å². The summed E-state index contributed by atoms with van der Waals surface area (Å²) < 4.78 is 0. The van der Waals surface area contributed by atoms with E-state index in [1.807, 2.05) is 0 Å². The lowest BCUT2D eigenvalue weighted by atomic mass is 10.1. The van der Waals surface area contributed by atoms with Gasteiger partial charge in [0, 0.05) is 12.3 Å². The van der Waals surface area contributed by atoms with Crippen molar-refractivity contribution in [2.45, 2.75) is 13.3 Å². The third-order valence-corrected chi connectivity index (χ3v) is 0.993. The molecule has 0 fully saturated rings. The van der Waals surface area contributed by atoms with Crippen LogP contribution in [0.5, 0.6) is 0 Å². The molecule has 1 unspecified atom stereocenters. The molecule has 5 heteroatoms. The molecule has 60 valence electrons. The number of carbonyl (C=O) groups excluding carboxylic acids is 2. The highest BCUT2D eigenvalue weighted by Crippen LogP contribution is 1.97. The minimum atomic E-state index is -0.499. The summed E-state index contributed by atoms with van der Waals surface area (Å²) in [5.41, 5.74) is 9.62. The van der Waals surface area contributed by atoms with E-state index >= 15 is 0 Å². The molecule has 0 aromatic carbocycles. The molecule has 4 nitrogen and oxygen atoms in total. The van der Waals surface area contributed by atoms with Gasteiger partial charge in [-0.15, -0.1) is 12.4 Å². The zero-order valence-corrected chi connectivity index (χ0v) is 6.48. The molecule has 0 aliphatic rings. The average molecular weight is 167 g/mol. The van der Waals surface area contributed by atoms with Crippen LogP contribution < -0.4 is 11.5 Å². The first-order valence-electron chi connectivity index (χ1n) is 2.61. The molecule has 0 rings (SSSR count). The van der Waals surface area contributed by atoms with Gasteiger partial charge in [-0.2, -0.15) is 0 Å². The molecule has 0 aliphatic heterocycles. The normalized spacial score (nSPS) is 11.3. The number of hydrogen-bond donors (Lipinski definition) is 2. The second kappa shape index (κ2) is 5.05. The van der Waals surface area contributed by atoms with Gasteiger partial charge < -0.3 is 11.5 Å². The maximum absolute atomic E-state index is 10.2. The quantitative estimate of drug-likeness (QED) is 0.587. The van der Waals surface area contributed by atoms with E-state index in [-0.39, 0.29) is 18.8 Å². The topological polar surface area (TPSA) is 86.2 Å². The number of primary amides is 2. The summed E-state index contributed by atoms with van der Waals surface area (Å²) >= 11 is 0. The molecule has 0 saturated heterocycles. The van der Waals surface area contributed by atoms with Crippen molar-refractivity contribution in [2.24, 2.45) is 17.4 Å². The molecular formula is C5H11ClN2O2. The van der Waals surface area contributed by atoms with Gasteiger partial charge in [-0.05, 0) is 0 Å². The summed E-state index contributed by atoms with van der Waals surface area (Å²) in [7, 11) is 0. The summed E-state index contributed by atoms with van der Waals surface area (Å²) in [6, 6.07) is 0. The molecule has 4 N–H and O–H groups in total. The molecule has 0 spiro atoms. The van der Waals surface area contributed by atoms with Crippen molar-refractivity contribution >= 4 is 24.2 Å². The minimum Gasteiger partial charge on any atom is -0.370 e. The average Bonchev–Trinajstić information content (AvgIpc) is 1.63. The van der Waals surface area contributed by atoms with E-state index in [2.05, 4.69) is 0 Å². The van der Waals surface area contributed by atoms with Crippen molar-refractivity contribution in [3.05, 3.63) is 0 Å².